The van der Waals surface area contributed by atoms with Gasteiger partial charge in [0.1, 0.15) is 12.4 Å². The molecule has 0 radical (unpaired) electrons. The topological polar surface area (TPSA) is 112 Å². The summed E-state index contributed by atoms with van der Waals surface area (Å²) >= 11 is 0. The molecular weight excluding hydrogens is 450 g/mol. The molecular formula is C25H41N5O5. The van der Waals surface area contributed by atoms with Gasteiger partial charge < -0.3 is 35.2 Å². The van der Waals surface area contributed by atoms with E-state index in [9.17, 15) is 14.4 Å². The van der Waals surface area contributed by atoms with Crippen molar-refractivity contribution in [3.05, 3.63) is 23.8 Å². The van der Waals surface area contributed by atoms with Crippen molar-refractivity contribution in [2.75, 3.05) is 39.2 Å². The van der Waals surface area contributed by atoms with Crippen LogP contribution in [0.3, 0.4) is 0 Å². The average Bonchev–Trinajstić information content (AvgIpc) is 2.77. The molecule has 0 aliphatic carbocycles. The number of carbonyl (C=O) groups excluding carboxylic acids is 3. The number of hydrogen-bond donors (Lipinski definition) is 3. The number of ether oxygens (including phenoxy) is 2. The monoisotopic (exact) mass is 491 g/mol. The molecule has 10 heteroatoms. The van der Waals surface area contributed by atoms with Gasteiger partial charge in [0, 0.05) is 50.9 Å². The van der Waals surface area contributed by atoms with Gasteiger partial charge >= 0.3 is 12.1 Å². The SMILES string of the molecule is CO[C@@H]1CN(C)C(=O)c2cc(NC(=O)NC(C)C)ccc2OC[C@H](C)N(C(=O)NC(C)C)C[C@@H]1C. The second kappa shape index (κ2) is 12.6. The molecule has 3 N–H and O–H groups in total. The van der Waals surface area contributed by atoms with Crippen LogP contribution in [0.4, 0.5) is 15.3 Å². The van der Waals surface area contributed by atoms with Crippen molar-refractivity contribution in [3.8, 4) is 5.75 Å². The van der Waals surface area contributed by atoms with Crippen molar-refractivity contribution in [3.63, 3.8) is 0 Å². The summed E-state index contributed by atoms with van der Waals surface area (Å²) < 4.78 is 11.8. The predicted molar refractivity (Wildman–Crippen MR) is 136 cm³/mol. The molecule has 1 aliphatic heterocycles. The number of likely N-dealkylation sites (N-methyl/N-ethyl adjacent to an activating group) is 1. The lowest BCUT2D eigenvalue weighted by Crippen LogP contribution is -2.52. The molecule has 1 heterocycles. The van der Waals surface area contributed by atoms with Crippen LogP contribution in [-0.4, -0.2) is 85.9 Å². The molecule has 0 saturated carbocycles. The predicted octanol–water partition coefficient (Wildman–Crippen LogP) is 3.14. The lowest BCUT2D eigenvalue weighted by molar-refractivity contribution is 0.0165. The number of amides is 5. The minimum Gasteiger partial charge on any atom is -0.491 e. The first-order chi connectivity index (χ1) is 16.4. The van der Waals surface area contributed by atoms with Crippen LogP contribution >= 0.6 is 0 Å². The van der Waals surface area contributed by atoms with Gasteiger partial charge in [-0.2, -0.15) is 0 Å². The summed E-state index contributed by atoms with van der Waals surface area (Å²) in [6, 6.07) is 4.14. The first-order valence-electron chi connectivity index (χ1n) is 12.1. The maximum absolute atomic E-state index is 13.4. The molecule has 0 saturated heterocycles. The maximum atomic E-state index is 13.4. The summed E-state index contributed by atoms with van der Waals surface area (Å²) in [6.07, 6.45) is -0.285. The van der Waals surface area contributed by atoms with Gasteiger partial charge in [-0.1, -0.05) is 6.92 Å². The third kappa shape index (κ3) is 8.02. The smallest absolute Gasteiger partial charge is 0.319 e. The number of anilines is 1. The molecule has 0 spiro atoms. The van der Waals surface area contributed by atoms with E-state index >= 15 is 0 Å². The van der Waals surface area contributed by atoms with Crippen molar-refractivity contribution in [2.24, 2.45) is 5.92 Å². The normalized spacial score (nSPS) is 21.5. The van der Waals surface area contributed by atoms with Crippen LogP contribution in [0, 0.1) is 5.92 Å². The van der Waals surface area contributed by atoms with E-state index in [-0.39, 0.29) is 54.7 Å². The van der Waals surface area contributed by atoms with Crippen molar-refractivity contribution in [1.29, 1.82) is 0 Å². The Bertz CT molecular complexity index is 891. The zero-order valence-corrected chi connectivity index (χ0v) is 22.2. The van der Waals surface area contributed by atoms with Gasteiger partial charge in [0.25, 0.3) is 5.91 Å². The highest BCUT2D eigenvalue weighted by atomic mass is 16.5. The van der Waals surface area contributed by atoms with Crippen molar-refractivity contribution < 1.29 is 23.9 Å². The van der Waals surface area contributed by atoms with Crippen molar-refractivity contribution in [2.45, 2.75) is 65.8 Å². The fraction of sp³-hybridized carbons (Fsp3) is 0.640. The molecule has 2 rings (SSSR count). The Morgan fingerprint density at radius 3 is 2.34 bits per heavy atom. The van der Waals surface area contributed by atoms with Crippen LogP contribution in [0.2, 0.25) is 0 Å². The van der Waals surface area contributed by atoms with Crippen LogP contribution in [0.5, 0.6) is 5.75 Å². The Labute approximate surface area is 208 Å². The molecule has 1 aromatic carbocycles. The highest BCUT2D eigenvalue weighted by Gasteiger charge is 2.30. The molecule has 0 aromatic heterocycles. The molecule has 1 aromatic rings. The average molecular weight is 492 g/mol. The highest BCUT2D eigenvalue weighted by Crippen LogP contribution is 2.26. The molecule has 196 valence electrons. The van der Waals surface area contributed by atoms with Crippen molar-refractivity contribution >= 4 is 23.7 Å². The van der Waals surface area contributed by atoms with Gasteiger partial charge in [-0.15, -0.1) is 0 Å². The van der Waals surface area contributed by atoms with E-state index in [2.05, 4.69) is 16.0 Å². The van der Waals surface area contributed by atoms with Crippen LogP contribution in [0.25, 0.3) is 0 Å². The van der Waals surface area contributed by atoms with Gasteiger partial charge in [-0.05, 0) is 52.8 Å². The summed E-state index contributed by atoms with van der Waals surface area (Å²) in [5, 5.41) is 8.48. The minimum absolute atomic E-state index is 0.00571. The number of rotatable bonds is 4. The van der Waals surface area contributed by atoms with E-state index in [0.717, 1.165) is 0 Å². The standard InChI is InChI=1S/C25H41N5O5/c1-15(2)26-24(32)28-19-9-10-21-20(11-19)23(31)29(7)13-22(34-8)17(5)12-30(18(6)14-35-21)25(33)27-16(3)4/h9-11,15-18,22H,12-14H2,1-8H3,(H,27,33)(H2,26,28,32)/t17-,18-,22+/m0/s1. The molecule has 0 unspecified atom stereocenters. The highest BCUT2D eigenvalue weighted by molar-refractivity contribution is 5.99. The fourth-order valence-corrected chi connectivity index (χ4v) is 3.90. The Balaban J connectivity index is 2.41. The third-order valence-electron chi connectivity index (χ3n) is 5.80. The van der Waals surface area contributed by atoms with E-state index in [0.29, 0.717) is 30.1 Å². The lowest BCUT2D eigenvalue weighted by Gasteiger charge is -2.36. The van der Waals surface area contributed by atoms with Gasteiger partial charge in [-0.25, -0.2) is 9.59 Å². The second-order valence-electron chi connectivity index (χ2n) is 9.82. The number of nitrogens with zero attached hydrogens (tertiary/aromatic N) is 2. The Hall–Kier alpha value is -3.01. The van der Waals surface area contributed by atoms with Gasteiger partial charge in [-0.3, -0.25) is 4.79 Å². The fourth-order valence-electron chi connectivity index (χ4n) is 3.90. The van der Waals surface area contributed by atoms with E-state index in [4.69, 9.17) is 9.47 Å². The molecule has 5 amide bonds. The second-order valence-corrected chi connectivity index (χ2v) is 9.82. The number of hydrogen-bond acceptors (Lipinski definition) is 5. The molecule has 35 heavy (non-hydrogen) atoms. The van der Waals surface area contributed by atoms with Crippen LogP contribution in [-0.2, 0) is 4.74 Å². The number of nitrogens with one attached hydrogen (secondary N) is 3. The maximum Gasteiger partial charge on any atom is 0.319 e. The van der Waals surface area contributed by atoms with Crippen LogP contribution < -0.4 is 20.7 Å². The number of methoxy groups -OCH3 is 1. The molecule has 0 fully saturated rings. The largest absolute Gasteiger partial charge is 0.491 e. The Kier molecular flexibility index (Phi) is 10.2. The first kappa shape index (κ1) is 28.2. The summed E-state index contributed by atoms with van der Waals surface area (Å²) in [6.45, 7) is 12.5. The van der Waals surface area contributed by atoms with E-state index in [1.807, 2.05) is 41.5 Å². The number of fused-ring (bicyclic) bond motifs is 1. The minimum atomic E-state index is -0.358. The van der Waals surface area contributed by atoms with Crippen molar-refractivity contribution in [1.82, 2.24) is 20.4 Å². The van der Waals surface area contributed by atoms with E-state index < -0.39 is 0 Å². The summed E-state index contributed by atoms with van der Waals surface area (Å²) in [5.74, 6) is 0.0994. The van der Waals surface area contributed by atoms with Gasteiger partial charge in [0.2, 0.25) is 0 Å². The first-order valence-corrected chi connectivity index (χ1v) is 12.1. The summed E-state index contributed by atoms with van der Waals surface area (Å²) in [7, 11) is 3.31. The number of urea groups is 2. The Morgan fingerprint density at radius 1 is 1.09 bits per heavy atom. The third-order valence-corrected chi connectivity index (χ3v) is 5.80. The zero-order chi connectivity index (χ0) is 26.3. The van der Waals surface area contributed by atoms with E-state index in [1.54, 1.807) is 42.2 Å². The molecule has 0 bridgehead atoms. The van der Waals surface area contributed by atoms with Crippen LogP contribution in [0.1, 0.15) is 51.9 Å². The molecule has 10 nitrogen and oxygen atoms in total. The number of benzene rings is 1. The zero-order valence-electron chi connectivity index (χ0n) is 22.2. The van der Waals surface area contributed by atoms with Crippen LogP contribution in [0.15, 0.2) is 18.2 Å². The summed E-state index contributed by atoms with van der Waals surface area (Å²) in [5.41, 5.74) is 0.797. The molecule has 3 atom stereocenters. The van der Waals surface area contributed by atoms with E-state index in [1.165, 1.54) is 0 Å². The summed E-state index contributed by atoms with van der Waals surface area (Å²) in [4.78, 5) is 41.9. The molecule has 1 aliphatic rings. The quantitative estimate of drug-likeness (QED) is 0.599. The lowest BCUT2D eigenvalue weighted by atomic mass is 10.0. The number of carbonyl (C=O) groups is 3. The Morgan fingerprint density at radius 2 is 1.74 bits per heavy atom. The van der Waals surface area contributed by atoms with Gasteiger partial charge in [0.05, 0.1) is 17.7 Å². The van der Waals surface area contributed by atoms with Gasteiger partial charge in [0.15, 0.2) is 0 Å².